The number of rotatable bonds is 5. The number of sulfone groups is 1. The van der Waals surface area contributed by atoms with Crippen LogP contribution >= 0.6 is 38.9 Å². The zero-order valence-electron chi connectivity index (χ0n) is 15.9. The normalized spacial score (nSPS) is 15.5. The third kappa shape index (κ3) is 4.72. The summed E-state index contributed by atoms with van der Waals surface area (Å²) in [4.78, 5) is 7.19. The molecular formula is C21H19BrClFN2O2S2. The summed E-state index contributed by atoms with van der Waals surface area (Å²) in [7, 11) is -3.35. The van der Waals surface area contributed by atoms with Gasteiger partial charge in [-0.25, -0.2) is 17.8 Å². The second-order valence-corrected chi connectivity index (χ2v) is 11.6. The Labute approximate surface area is 192 Å². The molecule has 0 N–H and O–H groups in total. The number of halogens is 3. The van der Waals surface area contributed by atoms with Crippen LogP contribution in [0.2, 0.25) is 5.02 Å². The molecular weight excluding hydrogens is 511 g/mol. The van der Waals surface area contributed by atoms with Crippen LogP contribution in [0.5, 0.6) is 0 Å². The minimum atomic E-state index is -3.35. The van der Waals surface area contributed by atoms with Gasteiger partial charge >= 0.3 is 0 Å². The summed E-state index contributed by atoms with van der Waals surface area (Å²) < 4.78 is 40.0. The molecule has 9 heteroatoms. The fraction of sp³-hybridized carbons (Fsp3) is 0.286. The van der Waals surface area contributed by atoms with Gasteiger partial charge in [0.25, 0.3) is 0 Å². The monoisotopic (exact) mass is 528 g/mol. The van der Waals surface area contributed by atoms with E-state index in [0.717, 1.165) is 20.9 Å². The highest BCUT2D eigenvalue weighted by Crippen LogP contribution is 2.30. The van der Waals surface area contributed by atoms with E-state index in [-0.39, 0.29) is 10.3 Å². The van der Waals surface area contributed by atoms with Crippen LogP contribution in [0.4, 0.5) is 9.52 Å². The molecule has 0 unspecified atom stereocenters. The number of piperidine rings is 1. The van der Waals surface area contributed by atoms with Crippen molar-refractivity contribution in [2.45, 2.75) is 29.4 Å². The minimum Gasteiger partial charge on any atom is -0.348 e. The second-order valence-electron chi connectivity index (χ2n) is 7.24. The lowest BCUT2D eigenvalue weighted by atomic mass is 10.1. The Hall–Kier alpha value is -1.48. The fourth-order valence-electron chi connectivity index (χ4n) is 3.58. The van der Waals surface area contributed by atoms with Crippen LogP contribution in [0.15, 0.2) is 57.2 Å². The fourth-order valence-corrected chi connectivity index (χ4v) is 6.98. The van der Waals surface area contributed by atoms with Gasteiger partial charge in [-0.3, -0.25) is 0 Å². The molecule has 3 aromatic rings. The molecule has 4 nitrogen and oxygen atoms in total. The van der Waals surface area contributed by atoms with Crippen molar-refractivity contribution in [3.8, 4) is 0 Å². The summed E-state index contributed by atoms with van der Waals surface area (Å²) in [6, 6.07) is 11.6. The van der Waals surface area contributed by atoms with Gasteiger partial charge in [0, 0.05) is 29.4 Å². The first kappa shape index (κ1) is 21.7. The SMILES string of the molecule is O=S(=O)(c1cccc(Br)c1)C1CCN(c2nc(Cc3ccc(F)c(Cl)c3)cs2)CC1. The molecule has 0 spiro atoms. The number of benzene rings is 2. The quantitative estimate of drug-likeness (QED) is 0.423. The lowest BCUT2D eigenvalue weighted by molar-refractivity contribution is 0.529. The Morgan fingerprint density at radius 3 is 2.67 bits per heavy atom. The molecule has 1 saturated heterocycles. The lowest BCUT2D eigenvalue weighted by Gasteiger charge is -2.31. The highest BCUT2D eigenvalue weighted by Gasteiger charge is 2.32. The maximum Gasteiger partial charge on any atom is 0.185 e. The van der Waals surface area contributed by atoms with Crippen LogP contribution in [-0.4, -0.2) is 31.7 Å². The van der Waals surface area contributed by atoms with Crippen LogP contribution in [0, 0.1) is 5.82 Å². The van der Waals surface area contributed by atoms with Crippen LogP contribution in [-0.2, 0) is 16.3 Å². The summed E-state index contributed by atoms with van der Waals surface area (Å²) in [5.74, 6) is -0.430. The van der Waals surface area contributed by atoms with Gasteiger partial charge in [-0.05, 0) is 48.7 Å². The Morgan fingerprint density at radius 1 is 1.20 bits per heavy atom. The van der Waals surface area contributed by atoms with Gasteiger partial charge < -0.3 is 4.90 Å². The van der Waals surface area contributed by atoms with Crippen LogP contribution in [0.3, 0.4) is 0 Å². The highest BCUT2D eigenvalue weighted by atomic mass is 79.9. The lowest BCUT2D eigenvalue weighted by Crippen LogP contribution is -2.39. The number of nitrogens with zero attached hydrogens (tertiary/aromatic N) is 2. The molecule has 0 atom stereocenters. The molecule has 2 heterocycles. The molecule has 2 aromatic carbocycles. The van der Waals surface area contributed by atoms with E-state index in [9.17, 15) is 12.8 Å². The topological polar surface area (TPSA) is 50.3 Å². The van der Waals surface area contributed by atoms with E-state index in [1.807, 2.05) is 11.4 Å². The van der Waals surface area contributed by atoms with Gasteiger partial charge in [0.2, 0.25) is 0 Å². The largest absolute Gasteiger partial charge is 0.348 e. The maximum absolute atomic E-state index is 13.3. The van der Waals surface area contributed by atoms with Gasteiger partial charge in [-0.2, -0.15) is 0 Å². The predicted octanol–water partition coefficient (Wildman–Crippen LogP) is 5.73. The average Bonchev–Trinajstić information content (AvgIpc) is 3.19. The Morgan fingerprint density at radius 2 is 1.97 bits per heavy atom. The third-order valence-corrected chi connectivity index (χ3v) is 9.18. The van der Waals surface area contributed by atoms with Gasteiger partial charge in [-0.15, -0.1) is 11.3 Å². The molecule has 158 valence electrons. The molecule has 1 aliphatic heterocycles. The first-order valence-electron chi connectivity index (χ1n) is 9.45. The average molecular weight is 530 g/mol. The molecule has 4 rings (SSSR count). The van der Waals surface area contributed by atoms with Crippen molar-refractivity contribution in [3.05, 3.63) is 74.4 Å². The summed E-state index contributed by atoms with van der Waals surface area (Å²) in [5, 5.41) is 2.59. The second kappa shape index (κ2) is 8.94. The van der Waals surface area contributed by atoms with Crippen molar-refractivity contribution < 1.29 is 12.8 Å². The van der Waals surface area contributed by atoms with E-state index in [2.05, 4.69) is 20.8 Å². The van der Waals surface area contributed by atoms with Crippen molar-refractivity contribution in [1.82, 2.24) is 4.98 Å². The minimum absolute atomic E-state index is 0.108. The Balaban J connectivity index is 1.40. The maximum atomic E-state index is 13.3. The van der Waals surface area contributed by atoms with Gasteiger partial charge in [0.05, 0.1) is 20.9 Å². The molecule has 1 aromatic heterocycles. The van der Waals surface area contributed by atoms with Crippen LogP contribution < -0.4 is 4.90 Å². The number of hydrogen-bond acceptors (Lipinski definition) is 5. The Bertz CT molecular complexity index is 1160. The highest BCUT2D eigenvalue weighted by molar-refractivity contribution is 9.10. The number of aromatic nitrogens is 1. The molecule has 0 radical (unpaired) electrons. The van der Waals surface area contributed by atoms with E-state index in [1.54, 1.807) is 41.7 Å². The van der Waals surface area contributed by atoms with Crippen molar-refractivity contribution in [1.29, 1.82) is 0 Å². The van der Waals surface area contributed by atoms with Gasteiger partial charge in [-0.1, -0.05) is 39.7 Å². The molecule has 0 aliphatic carbocycles. The van der Waals surface area contributed by atoms with E-state index in [1.165, 1.54) is 6.07 Å². The van der Waals surface area contributed by atoms with E-state index >= 15 is 0 Å². The smallest absolute Gasteiger partial charge is 0.185 e. The number of anilines is 1. The predicted molar refractivity (Wildman–Crippen MR) is 123 cm³/mol. The number of thiazole rings is 1. The zero-order chi connectivity index (χ0) is 21.3. The molecule has 30 heavy (non-hydrogen) atoms. The summed E-state index contributed by atoms with van der Waals surface area (Å²) in [6.45, 7) is 1.29. The number of hydrogen-bond donors (Lipinski definition) is 0. The Kier molecular flexibility index (Phi) is 6.48. The standard InChI is InChI=1S/C21H19BrClFN2O2S2/c22-15-2-1-3-18(12-15)30(27,28)17-6-8-26(9-7-17)21-25-16(13-29-21)10-14-4-5-20(24)19(23)11-14/h1-5,11-13,17H,6-10H2. The van der Waals surface area contributed by atoms with Crippen LogP contribution in [0.1, 0.15) is 24.1 Å². The van der Waals surface area contributed by atoms with Crippen molar-refractivity contribution in [2.24, 2.45) is 0 Å². The molecule has 1 aliphatic rings. The first-order chi connectivity index (χ1) is 14.3. The first-order valence-corrected chi connectivity index (χ1v) is 13.1. The van der Waals surface area contributed by atoms with Crippen molar-refractivity contribution >= 4 is 53.8 Å². The third-order valence-electron chi connectivity index (χ3n) is 5.18. The van der Waals surface area contributed by atoms with Gasteiger partial charge in [0.1, 0.15) is 5.82 Å². The molecule has 1 fully saturated rings. The van der Waals surface area contributed by atoms with E-state index in [0.29, 0.717) is 37.2 Å². The summed E-state index contributed by atoms with van der Waals surface area (Å²) >= 11 is 10.7. The van der Waals surface area contributed by atoms with E-state index < -0.39 is 15.7 Å². The summed E-state index contributed by atoms with van der Waals surface area (Å²) in [5.41, 5.74) is 1.79. The van der Waals surface area contributed by atoms with Crippen LogP contribution in [0.25, 0.3) is 0 Å². The molecule has 0 bridgehead atoms. The van der Waals surface area contributed by atoms with Gasteiger partial charge in [0.15, 0.2) is 15.0 Å². The van der Waals surface area contributed by atoms with Crippen molar-refractivity contribution in [2.75, 3.05) is 18.0 Å². The van der Waals surface area contributed by atoms with Crippen molar-refractivity contribution in [3.63, 3.8) is 0 Å². The molecule has 0 saturated carbocycles. The summed E-state index contributed by atoms with van der Waals surface area (Å²) in [6.07, 6.45) is 1.71. The van der Waals surface area contributed by atoms with E-state index in [4.69, 9.17) is 16.6 Å². The molecule has 0 amide bonds. The zero-order valence-corrected chi connectivity index (χ0v) is 19.9.